The van der Waals surface area contributed by atoms with Crippen LogP contribution in [0.3, 0.4) is 0 Å². The Balaban J connectivity index is 1.98. The zero-order valence-electron chi connectivity index (χ0n) is 9.63. The summed E-state index contributed by atoms with van der Waals surface area (Å²) in [5, 5.41) is 9.48. The van der Waals surface area contributed by atoms with Gasteiger partial charge in [-0.25, -0.2) is 4.79 Å². The molecule has 0 radical (unpaired) electrons. The summed E-state index contributed by atoms with van der Waals surface area (Å²) in [6.45, 7) is -0.347. The summed E-state index contributed by atoms with van der Waals surface area (Å²) in [6.07, 6.45) is 0. The molecule has 1 aromatic carbocycles. The quantitative estimate of drug-likeness (QED) is 0.685. The lowest BCUT2D eigenvalue weighted by molar-refractivity contribution is 0.0473. The van der Waals surface area contributed by atoms with Gasteiger partial charge in [-0.05, 0) is 40.2 Å². The SMILES string of the molecule is O=C(COC(=O)c1ccccc1O)c1ccc(Br)s1. The third-order valence-corrected chi connectivity index (χ3v) is 3.97. The molecule has 0 saturated heterocycles. The van der Waals surface area contributed by atoms with Gasteiger partial charge in [0.1, 0.15) is 11.3 Å². The van der Waals surface area contributed by atoms with Gasteiger partial charge in [0, 0.05) is 0 Å². The van der Waals surface area contributed by atoms with Crippen LogP contribution in [0.15, 0.2) is 40.2 Å². The van der Waals surface area contributed by atoms with Crippen molar-refractivity contribution in [3.8, 4) is 5.75 Å². The summed E-state index contributed by atoms with van der Waals surface area (Å²) in [5.74, 6) is -1.17. The van der Waals surface area contributed by atoms with E-state index in [0.717, 1.165) is 3.79 Å². The Morgan fingerprint density at radius 3 is 2.58 bits per heavy atom. The minimum absolute atomic E-state index is 0.0441. The Bertz CT molecular complexity index is 621. The second kappa shape index (κ2) is 5.99. The fourth-order valence-electron chi connectivity index (χ4n) is 1.39. The van der Waals surface area contributed by atoms with Crippen molar-refractivity contribution in [3.63, 3.8) is 0 Å². The first-order chi connectivity index (χ1) is 9.08. The predicted octanol–water partition coefficient (Wildman–Crippen LogP) is 3.26. The average molecular weight is 341 g/mol. The minimum Gasteiger partial charge on any atom is -0.507 e. The number of phenols is 1. The van der Waals surface area contributed by atoms with Gasteiger partial charge in [-0.1, -0.05) is 12.1 Å². The van der Waals surface area contributed by atoms with Crippen LogP contribution in [0.25, 0.3) is 0 Å². The molecule has 1 N–H and O–H groups in total. The fourth-order valence-corrected chi connectivity index (χ4v) is 2.70. The number of Topliss-reactive ketones (excluding diaryl/α,β-unsaturated/α-hetero) is 1. The van der Waals surface area contributed by atoms with Crippen LogP contribution in [-0.4, -0.2) is 23.5 Å². The molecule has 0 spiro atoms. The van der Waals surface area contributed by atoms with Crippen molar-refractivity contribution in [2.24, 2.45) is 0 Å². The lowest BCUT2D eigenvalue weighted by Gasteiger charge is -2.04. The number of rotatable bonds is 4. The molecule has 0 bridgehead atoms. The molecule has 19 heavy (non-hydrogen) atoms. The second-order valence-electron chi connectivity index (χ2n) is 3.62. The molecule has 1 aromatic heterocycles. The van der Waals surface area contributed by atoms with Gasteiger partial charge in [0.05, 0.1) is 8.66 Å². The smallest absolute Gasteiger partial charge is 0.342 e. The van der Waals surface area contributed by atoms with Gasteiger partial charge in [0.15, 0.2) is 6.61 Å². The van der Waals surface area contributed by atoms with Gasteiger partial charge in [-0.3, -0.25) is 4.79 Å². The summed E-state index contributed by atoms with van der Waals surface area (Å²) < 4.78 is 5.71. The van der Waals surface area contributed by atoms with Crippen LogP contribution in [0.4, 0.5) is 0 Å². The monoisotopic (exact) mass is 340 g/mol. The van der Waals surface area contributed by atoms with Crippen molar-refractivity contribution >= 4 is 39.0 Å². The maximum Gasteiger partial charge on any atom is 0.342 e. The number of esters is 1. The van der Waals surface area contributed by atoms with Crippen molar-refractivity contribution in [1.82, 2.24) is 0 Å². The Labute approximate surface area is 121 Å². The van der Waals surface area contributed by atoms with E-state index in [2.05, 4.69) is 15.9 Å². The number of aromatic hydroxyl groups is 1. The van der Waals surface area contributed by atoms with Gasteiger partial charge in [-0.15, -0.1) is 11.3 Å². The molecule has 0 amide bonds. The Hall–Kier alpha value is -1.66. The molecule has 0 fully saturated rings. The van der Waals surface area contributed by atoms with E-state index in [4.69, 9.17) is 4.74 Å². The molecule has 0 saturated carbocycles. The number of para-hydroxylation sites is 1. The number of benzene rings is 1. The molecule has 4 nitrogen and oxygen atoms in total. The molecule has 2 rings (SSSR count). The van der Waals surface area contributed by atoms with E-state index in [9.17, 15) is 14.7 Å². The van der Waals surface area contributed by atoms with Crippen LogP contribution in [0, 0.1) is 0 Å². The first-order valence-electron chi connectivity index (χ1n) is 5.31. The van der Waals surface area contributed by atoms with Crippen LogP contribution in [0.2, 0.25) is 0 Å². The van der Waals surface area contributed by atoms with Gasteiger partial charge >= 0.3 is 5.97 Å². The summed E-state index contributed by atoms with van der Waals surface area (Å²) >= 11 is 4.53. The van der Waals surface area contributed by atoms with Crippen LogP contribution >= 0.6 is 27.3 Å². The number of ketones is 1. The molecule has 0 atom stereocenters. The van der Waals surface area contributed by atoms with Crippen molar-refractivity contribution in [1.29, 1.82) is 0 Å². The maximum atomic E-state index is 11.7. The number of hydrogen-bond acceptors (Lipinski definition) is 5. The van der Waals surface area contributed by atoms with Gasteiger partial charge in [-0.2, -0.15) is 0 Å². The number of hydrogen-bond donors (Lipinski definition) is 1. The van der Waals surface area contributed by atoms with Crippen LogP contribution < -0.4 is 0 Å². The number of phenolic OH excluding ortho intramolecular Hbond substituents is 1. The average Bonchev–Trinajstić information content (AvgIpc) is 2.83. The lowest BCUT2D eigenvalue weighted by Crippen LogP contribution is -2.13. The van der Waals surface area contributed by atoms with Gasteiger partial charge in [0.2, 0.25) is 5.78 Å². The molecular formula is C13H9BrO4S. The third-order valence-electron chi connectivity index (χ3n) is 2.31. The zero-order chi connectivity index (χ0) is 13.8. The van der Waals surface area contributed by atoms with Gasteiger partial charge < -0.3 is 9.84 Å². The molecule has 0 aliphatic carbocycles. The lowest BCUT2D eigenvalue weighted by atomic mass is 10.2. The molecule has 98 valence electrons. The van der Waals surface area contributed by atoms with E-state index in [0.29, 0.717) is 4.88 Å². The van der Waals surface area contributed by atoms with Crippen LogP contribution in [0.1, 0.15) is 20.0 Å². The first kappa shape index (κ1) is 13.8. The topological polar surface area (TPSA) is 63.6 Å². The fraction of sp³-hybridized carbons (Fsp3) is 0.0769. The maximum absolute atomic E-state index is 11.7. The van der Waals surface area contributed by atoms with Crippen molar-refractivity contribution in [2.75, 3.05) is 6.61 Å². The normalized spacial score (nSPS) is 10.2. The molecular weight excluding hydrogens is 332 g/mol. The van der Waals surface area contributed by atoms with E-state index >= 15 is 0 Å². The predicted molar refractivity (Wildman–Crippen MR) is 74.7 cm³/mol. The molecule has 2 aromatic rings. The molecule has 6 heteroatoms. The molecule has 1 heterocycles. The minimum atomic E-state index is -0.720. The Kier molecular flexibility index (Phi) is 4.34. The Morgan fingerprint density at radius 2 is 1.95 bits per heavy atom. The van der Waals surface area contributed by atoms with E-state index in [1.807, 2.05) is 0 Å². The van der Waals surface area contributed by atoms with Crippen molar-refractivity contribution in [2.45, 2.75) is 0 Å². The molecule has 0 aliphatic rings. The van der Waals surface area contributed by atoms with E-state index in [-0.39, 0.29) is 23.7 Å². The summed E-state index contributed by atoms with van der Waals surface area (Å²) in [7, 11) is 0. The van der Waals surface area contributed by atoms with Crippen molar-refractivity contribution in [3.05, 3.63) is 50.6 Å². The van der Waals surface area contributed by atoms with E-state index in [1.54, 1.807) is 24.3 Å². The third kappa shape index (κ3) is 3.42. The van der Waals surface area contributed by atoms with Crippen molar-refractivity contribution < 1.29 is 19.4 Å². The highest BCUT2D eigenvalue weighted by Gasteiger charge is 2.15. The second-order valence-corrected chi connectivity index (χ2v) is 6.08. The molecule has 0 unspecified atom stereocenters. The standard InChI is InChI=1S/C13H9BrO4S/c14-12-6-5-11(19-12)10(16)7-18-13(17)8-3-1-2-4-9(8)15/h1-6,15H,7H2. The highest BCUT2D eigenvalue weighted by Crippen LogP contribution is 2.22. The van der Waals surface area contributed by atoms with Gasteiger partial charge in [0.25, 0.3) is 0 Å². The highest BCUT2D eigenvalue weighted by molar-refractivity contribution is 9.11. The summed E-state index contributed by atoms with van der Waals surface area (Å²) in [4.78, 5) is 23.9. The largest absolute Gasteiger partial charge is 0.507 e. The Morgan fingerprint density at radius 1 is 1.21 bits per heavy atom. The number of halogens is 1. The van der Waals surface area contributed by atoms with E-state index < -0.39 is 5.97 Å². The number of carbonyl (C=O) groups excluding carboxylic acids is 2. The van der Waals surface area contributed by atoms with E-state index in [1.165, 1.54) is 23.5 Å². The highest BCUT2D eigenvalue weighted by atomic mass is 79.9. The first-order valence-corrected chi connectivity index (χ1v) is 6.92. The summed E-state index contributed by atoms with van der Waals surface area (Å²) in [6, 6.07) is 9.43. The number of ether oxygens (including phenoxy) is 1. The number of carbonyl (C=O) groups is 2. The van der Waals surface area contributed by atoms with Crippen LogP contribution in [0.5, 0.6) is 5.75 Å². The molecule has 0 aliphatic heterocycles. The van der Waals surface area contributed by atoms with Crippen LogP contribution in [-0.2, 0) is 4.74 Å². The zero-order valence-corrected chi connectivity index (χ0v) is 12.0. The summed E-state index contributed by atoms with van der Waals surface area (Å²) in [5.41, 5.74) is 0.0441. The number of thiophene rings is 1.